The monoisotopic (exact) mass is 616 g/mol. The van der Waals surface area contributed by atoms with Crippen molar-refractivity contribution in [2.45, 2.75) is 30.3 Å². The molecular weight excluding hydrogens is 591 g/mol. The number of benzene rings is 3. The van der Waals surface area contributed by atoms with Gasteiger partial charge < -0.3 is 26.5 Å². The number of aliphatic carboxylic acids is 1. The summed E-state index contributed by atoms with van der Waals surface area (Å²) in [5.41, 5.74) is 8.69. The van der Waals surface area contributed by atoms with Crippen LogP contribution in [0.25, 0.3) is 0 Å². The van der Waals surface area contributed by atoms with Crippen LogP contribution in [0.4, 0.5) is 5.69 Å². The summed E-state index contributed by atoms with van der Waals surface area (Å²) >= 11 is 13.1. The van der Waals surface area contributed by atoms with E-state index in [0.29, 0.717) is 46.5 Å². The molecule has 1 atom stereocenters. The number of nitrogens with one attached hydrogen (secondary N) is 2. The SMILES string of the molecule is CS(=O)(=O)c1cccc(CC(NC(=O)c2c(Cl)cc3c(c2Cl)CCN(C(=O)c2ccc(C=N)c(N)c2)C3)C(=O)O)c1. The Morgan fingerprint density at radius 1 is 1.17 bits per heavy atom. The number of amides is 2. The van der Waals surface area contributed by atoms with E-state index in [0.717, 1.165) is 12.5 Å². The quantitative estimate of drug-likeness (QED) is 0.221. The summed E-state index contributed by atoms with van der Waals surface area (Å²) in [7, 11) is -3.51. The van der Waals surface area contributed by atoms with E-state index in [1.54, 1.807) is 23.1 Å². The maximum atomic E-state index is 13.2. The molecule has 4 rings (SSSR count). The van der Waals surface area contributed by atoms with E-state index in [4.69, 9.17) is 34.3 Å². The molecule has 0 saturated carbocycles. The summed E-state index contributed by atoms with van der Waals surface area (Å²) in [5.74, 6) is -2.39. The molecule has 1 heterocycles. The number of halogens is 2. The Bertz CT molecular complexity index is 1690. The molecule has 13 heteroatoms. The summed E-state index contributed by atoms with van der Waals surface area (Å²) in [4.78, 5) is 39.9. The first kappa shape index (κ1) is 30.0. The van der Waals surface area contributed by atoms with Crippen molar-refractivity contribution >= 4 is 62.7 Å². The van der Waals surface area contributed by atoms with Crippen molar-refractivity contribution in [2.75, 3.05) is 18.5 Å². The minimum absolute atomic E-state index is 0.0108. The molecule has 0 aliphatic carbocycles. The van der Waals surface area contributed by atoms with Crippen LogP contribution in [0.2, 0.25) is 10.0 Å². The number of carbonyl (C=O) groups excluding carboxylic acids is 2. The van der Waals surface area contributed by atoms with Crippen molar-refractivity contribution in [1.82, 2.24) is 10.2 Å². The van der Waals surface area contributed by atoms with Gasteiger partial charge in [-0.2, -0.15) is 0 Å². The highest BCUT2D eigenvalue weighted by molar-refractivity contribution is 7.90. The summed E-state index contributed by atoms with van der Waals surface area (Å²) < 4.78 is 23.8. The van der Waals surface area contributed by atoms with Crippen molar-refractivity contribution in [2.24, 2.45) is 0 Å². The highest BCUT2D eigenvalue weighted by Crippen LogP contribution is 2.35. The third-order valence-corrected chi connectivity index (χ3v) is 8.60. The Labute approximate surface area is 246 Å². The van der Waals surface area contributed by atoms with Crippen molar-refractivity contribution in [1.29, 1.82) is 5.41 Å². The molecule has 1 aliphatic rings. The number of hydrogen-bond donors (Lipinski definition) is 4. The van der Waals surface area contributed by atoms with Gasteiger partial charge in [-0.25, -0.2) is 13.2 Å². The molecule has 41 heavy (non-hydrogen) atoms. The molecule has 10 nitrogen and oxygen atoms in total. The van der Waals surface area contributed by atoms with Crippen molar-refractivity contribution in [3.05, 3.63) is 92.0 Å². The second-order valence-corrected chi connectivity index (χ2v) is 12.4. The molecule has 3 aromatic rings. The normalized spacial score (nSPS) is 13.7. The minimum Gasteiger partial charge on any atom is -0.480 e. The number of nitrogens with two attached hydrogens (primary N) is 1. The molecule has 0 bridgehead atoms. The predicted octanol–water partition coefficient (Wildman–Crippen LogP) is 3.60. The fourth-order valence-electron chi connectivity index (χ4n) is 4.62. The van der Waals surface area contributed by atoms with Crippen LogP contribution >= 0.6 is 23.2 Å². The van der Waals surface area contributed by atoms with E-state index in [1.165, 1.54) is 30.3 Å². The lowest BCUT2D eigenvalue weighted by Gasteiger charge is -2.30. The smallest absolute Gasteiger partial charge is 0.326 e. The first-order chi connectivity index (χ1) is 19.3. The van der Waals surface area contributed by atoms with Gasteiger partial charge in [0.15, 0.2) is 9.84 Å². The predicted molar refractivity (Wildman–Crippen MR) is 156 cm³/mol. The average molecular weight is 618 g/mol. The third-order valence-electron chi connectivity index (χ3n) is 6.78. The standard InChI is InChI=1S/C28H26Cl2N4O6S/c1-41(39,40)19-4-2-3-15(9-19)10-23(28(37)38)33-26(35)24-21(29)11-18-14-34(8-7-20(18)25(24)30)27(36)16-5-6-17(13-31)22(32)12-16/h2-6,9,11-13,23,31H,7-8,10,14,32H2,1H3,(H,33,35)(H,37,38). The van der Waals surface area contributed by atoms with Gasteiger partial charge >= 0.3 is 5.97 Å². The van der Waals surface area contributed by atoms with Gasteiger partial charge in [0.25, 0.3) is 11.8 Å². The Balaban J connectivity index is 1.54. The van der Waals surface area contributed by atoms with Crippen LogP contribution in [-0.4, -0.2) is 61.3 Å². The van der Waals surface area contributed by atoms with Crippen LogP contribution in [0.5, 0.6) is 0 Å². The number of carbonyl (C=O) groups is 3. The Morgan fingerprint density at radius 3 is 2.54 bits per heavy atom. The van der Waals surface area contributed by atoms with Crippen molar-refractivity contribution in [3.63, 3.8) is 0 Å². The fraction of sp³-hybridized carbons (Fsp3) is 0.214. The molecular formula is C28H26Cl2N4O6S. The van der Waals surface area contributed by atoms with E-state index in [1.807, 2.05) is 0 Å². The van der Waals surface area contributed by atoms with Crippen LogP contribution in [-0.2, 0) is 34.0 Å². The molecule has 0 spiro atoms. The molecule has 3 aromatic carbocycles. The van der Waals surface area contributed by atoms with Crippen LogP contribution in [0.15, 0.2) is 53.4 Å². The largest absolute Gasteiger partial charge is 0.480 e. The molecule has 2 amide bonds. The van der Waals surface area contributed by atoms with Gasteiger partial charge in [0.1, 0.15) is 6.04 Å². The number of carboxylic acid groups (broad SMARTS) is 1. The number of anilines is 1. The van der Waals surface area contributed by atoms with Gasteiger partial charge in [-0.15, -0.1) is 0 Å². The Kier molecular flexibility index (Phi) is 8.71. The topological polar surface area (TPSA) is 171 Å². The van der Waals surface area contributed by atoms with Gasteiger partial charge in [0.2, 0.25) is 0 Å². The number of carboxylic acids is 1. The van der Waals surface area contributed by atoms with Crippen LogP contribution in [0.1, 0.15) is 43.0 Å². The molecule has 1 aliphatic heterocycles. The van der Waals surface area contributed by atoms with Crippen LogP contribution in [0, 0.1) is 5.41 Å². The van der Waals surface area contributed by atoms with Gasteiger partial charge in [0, 0.05) is 48.8 Å². The number of nitrogen functional groups attached to an aromatic ring is 1. The fourth-order valence-corrected chi connectivity index (χ4v) is 6.08. The molecule has 0 fully saturated rings. The second-order valence-electron chi connectivity index (χ2n) is 9.64. The Morgan fingerprint density at radius 2 is 1.90 bits per heavy atom. The zero-order valence-corrected chi connectivity index (χ0v) is 24.1. The van der Waals surface area contributed by atoms with Crippen LogP contribution in [0.3, 0.4) is 0 Å². The lowest BCUT2D eigenvalue weighted by Crippen LogP contribution is -2.42. The highest BCUT2D eigenvalue weighted by Gasteiger charge is 2.30. The number of hydrogen-bond acceptors (Lipinski definition) is 7. The van der Waals surface area contributed by atoms with Gasteiger partial charge in [-0.1, -0.05) is 41.4 Å². The molecule has 5 N–H and O–H groups in total. The first-order valence-electron chi connectivity index (χ1n) is 12.3. The Hall–Kier alpha value is -3.93. The summed E-state index contributed by atoms with van der Waals surface area (Å²) in [5, 5.41) is 19.6. The van der Waals surface area contributed by atoms with Crippen molar-refractivity contribution < 1.29 is 27.9 Å². The van der Waals surface area contributed by atoms with Crippen LogP contribution < -0.4 is 11.1 Å². The number of sulfone groups is 1. The van der Waals surface area contributed by atoms with E-state index >= 15 is 0 Å². The molecule has 0 radical (unpaired) electrons. The molecule has 0 aromatic heterocycles. The van der Waals surface area contributed by atoms with Gasteiger partial charge in [-0.3, -0.25) is 9.59 Å². The maximum Gasteiger partial charge on any atom is 0.326 e. The van der Waals surface area contributed by atoms with E-state index in [2.05, 4.69) is 5.32 Å². The second kappa shape index (κ2) is 11.9. The minimum atomic E-state index is -3.51. The summed E-state index contributed by atoms with van der Waals surface area (Å²) in [6, 6.07) is 10.7. The average Bonchev–Trinajstić information content (AvgIpc) is 2.91. The zero-order valence-electron chi connectivity index (χ0n) is 21.8. The van der Waals surface area contributed by atoms with Gasteiger partial charge in [0.05, 0.1) is 20.5 Å². The maximum absolute atomic E-state index is 13.2. The zero-order chi connectivity index (χ0) is 30.1. The third kappa shape index (κ3) is 6.53. The molecule has 0 saturated heterocycles. The summed E-state index contributed by atoms with van der Waals surface area (Å²) in [6.45, 7) is 0.477. The summed E-state index contributed by atoms with van der Waals surface area (Å²) in [6.07, 6.45) is 2.30. The molecule has 214 valence electrons. The van der Waals surface area contributed by atoms with Crippen molar-refractivity contribution in [3.8, 4) is 0 Å². The van der Waals surface area contributed by atoms with Gasteiger partial charge in [-0.05, 0) is 53.4 Å². The number of rotatable bonds is 8. The van der Waals surface area contributed by atoms with E-state index in [-0.39, 0.29) is 39.4 Å². The first-order valence-corrected chi connectivity index (χ1v) is 15.0. The van der Waals surface area contributed by atoms with E-state index < -0.39 is 27.8 Å². The number of nitrogens with zero attached hydrogens (tertiary/aromatic N) is 1. The lowest BCUT2D eigenvalue weighted by molar-refractivity contribution is -0.139. The lowest BCUT2D eigenvalue weighted by atomic mass is 9.95. The highest BCUT2D eigenvalue weighted by atomic mass is 35.5. The van der Waals surface area contributed by atoms with E-state index in [9.17, 15) is 27.9 Å². The number of fused-ring (bicyclic) bond motifs is 1. The molecule has 1 unspecified atom stereocenters.